The van der Waals surface area contributed by atoms with Crippen molar-refractivity contribution in [1.29, 1.82) is 0 Å². The SMILES string of the molecule is C[Si](C)(C)C#Cc1ccc2c(c1)C(=O)CC2. The van der Waals surface area contributed by atoms with Gasteiger partial charge in [0.05, 0.1) is 0 Å². The molecule has 0 spiro atoms. The van der Waals surface area contributed by atoms with Gasteiger partial charge in [-0.1, -0.05) is 31.6 Å². The minimum atomic E-state index is -1.33. The van der Waals surface area contributed by atoms with Gasteiger partial charge in [-0.3, -0.25) is 4.79 Å². The van der Waals surface area contributed by atoms with Crippen molar-refractivity contribution in [3.05, 3.63) is 34.9 Å². The van der Waals surface area contributed by atoms with Crippen molar-refractivity contribution in [2.45, 2.75) is 32.5 Å². The van der Waals surface area contributed by atoms with Crippen LogP contribution in [-0.4, -0.2) is 13.9 Å². The summed E-state index contributed by atoms with van der Waals surface area (Å²) in [5.74, 6) is 3.46. The Morgan fingerprint density at radius 1 is 1.19 bits per heavy atom. The molecule has 0 saturated heterocycles. The van der Waals surface area contributed by atoms with Crippen LogP contribution in [0.1, 0.15) is 27.9 Å². The van der Waals surface area contributed by atoms with Gasteiger partial charge in [-0.25, -0.2) is 0 Å². The minimum absolute atomic E-state index is 0.270. The summed E-state index contributed by atoms with van der Waals surface area (Å²) in [6.07, 6.45) is 1.57. The van der Waals surface area contributed by atoms with Crippen molar-refractivity contribution >= 4 is 13.9 Å². The fourth-order valence-corrected chi connectivity index (χ4v) is 2.29. The Bertz CT molecular complexity index is 498. The molecule has 2 heteroatoms. The summed E-state index contributed by atoms with van der Waals surface area (Å²) in [5.41, 5.74) is 6.38. The third-order valence-electron chi connectivity index (χ3n) is 2.61. The Kier molecular flexibility index (Phi) is 2.73. The Morgan fingerprint density at radius 2 is 1.94 bits per heavy atom. The first-order valence-electron chi connectivity index (χ1n) is 5.65. The van der Waals surface area contributed by atoms with E-state index in [9.17, 15) is 4.79 Å². The monoisotopic (exact) mass is 228 g/mol. The smallest absolute Gasteiger partial charge is 0.163 e. The summed E-state index contributed by atoms with van der Waals surface area (Å²) < 4.78 is 0. The number of hydrogen-bond donors (Lipinski definition) is 0. The number of aryl methyl sites for hydroxylation is 1. The Balaban J connectivity index is 2.34. The molecule has 2 rings (SSSR count). The standard InChI is InChI=1S/C14H16OSi/c1-16(2,3)9-8-11-4-5-12-6-7-14(15)13(12)10-11/h4-5,10H,6-7H2,1-3H3. The molecular weight excluding hydrogens is 212 g/mol. The predicted molar refractivity (Wildman–Crippen MR) is 69.3 cm³/mol. The van der Waals surface area contributed by atoms with Crippen LogP contribution in [0.2, 0.25) is 19.6 Å². The van der Waals surface area contributed by atoms with Gasteiger partial charge in [0.2, 0.25) is 0 Å². The van der Waals surface area contributed by atoms with E-state index in [1.807, 2.05) is 12.1 Å². The van der Waals surface area contributed by atoms with Gasteiger partial charge in [0.15, 0.2) is 5.78 Å². The maximum absolute atomic E-state index is 11.6. The number of rotatable bonds is 0. The van der Waals surface area contributed by atoms with E-state index in [-0.39, 0.29) is 5.78 Å². The number of carbonyl (C=O) groups excluding carboxylic acids is 1. The van der Waals surface area contributed by atoms with Crippen molar-refractivity contribution in [2.24, 2.45) is 0 Å². The molecule has 1 aliphatic carbocycles. The average Bonchev–Trinajstić information content (AvgIpc) is 2.56. The molecule has 82 valence electrons. The van der Waals surface area contributed by atoms with Crippen LogP contribution in [0, 0.1) is 11.5 Å². The van der Waals surface area contributed by atoms with E-state index >= 15 is 0 Å². The number of benzene rings is 1. The number of Topliss-reactive ketones (excluding diaryl/α,β-unsaturated/α-hetero) is 1. The van der Waals surface area contributed by atoms with Crippen LogP contribution in [0.25, 0.3) is 0 Å². The molecule has 1 aliphatic rings. The highest BCUT2D eigenvalue weighted by Crippen LogP contribution is 2.22. The minimum Gasteiger partial charge on any atom is -0.294 e. The molecule has 1 aromatic carbocycles. The fraction of sp³-hybridized carbons (Fsp3) is 0.357. The molecule has 0 heterocycles. The maximum atomic E-state index is 11.6. The molecule has 0 radical (unpaired) electrons. The summed E-state index contributed by atoms with van der Waals surface area (Å²) in [4.78, 5) is 11.6. The van der Waals surface area contributed by atoms with Gasteiger partial charge in [0, 0.05) is 17.5 Å². The highest BCUT2D eigenvalue weighted by atomic mass is 28.3. The van der Waals surface area contributed by atoms with Crippen LogP contribution in [0.3, 0.4) is 0 Å². The van der Waals surface area contributed by atoms with E-state index in [0.29, 0.717) is 6.42 Å². The summed E-state index contributed by atoms with van der Waals surface area (Å²) in [7, 11) is -1.33. The molecule has 0 fully saturated rings. The molecule has 1 aromatic rings. The van der Waals surface area contributed by atoms with Gasteiger partial charge in [0.1, 0.15) is 8.07 Å². The van der Waals surface area contributed by atoms with Crippen molar-refractivity contribution in [3.8, 4) is 11.5 Å². The van der Waals surface area contributed by atoms with Crippen LogP contribution in [0.4, 0.5) is 0 Å². The van der Waals surface area contributed by atoms with Gasteiger partial charge < -0.3 is 0 Å². The average molecular weight is 228 g/mol. The second-order valence-corrected chi connectivity index (χ2v) is 10.0. The van der Waals surface area contributed by atoms with E-state index in [1.54, 1.807) is 0 Å². The lowest BCUT2D eigenvalue weighted by atomic mass is 10.1. The highest BCUT2D eigenvalue weighted by Gasteiger charge is 2.18. The molecule has 0 atom stereocenters. The normalized spacial score (nSPS) is 14.3. The lowest BCUT2D eigenvalue weighted by molar-refractivity contribution is 0.0994. The summed E-state index contributed by atoms with van der Waals surface area (Å²) in [6, 6.07) is 6.04. The maximum Gasteiger partial charge on any atom is 0.163 e. The van der Waals surface area contributed by atoms with Gasteiger partial charge in [-0.2, -0.15) is 0 Å². The zero-order valence-electron chi connectivity index (χ0n) is 10.1. The predicted octanol–water partition coefficient (Wildman–Crippen LogP) is 3.04. The first-order valence-corrected chi connectivity index (χ1v) is 9.15. The first-order chi connectivity index (χ1) is 7.46. The number of fused-ring (bicyclic) bond motifs is 1. The molecule has 0 aliphatic heterocycles. The lowest BCUT2D eigenvalue weighted by Crippen LogP contribution is -2.16. The second kappa shape index (κ2) is 3.91. The number of carbonyl (C=O) groups is 1. The molecule has 0 N–H and O–H groups in total. The van der Waals surface area contributed by atoms with E-state index in [1.165, 1.54) is 5.56 Å². The molecular formula is C14H16OSi. The van der Waals surface area contributed by atoms with Crippen molar-refractivity contribution in [2.75, 3.05) is 0 Å². The molecule has 0 amide bonds. The molecule has 0 bridgehead atoms. The number of ketones is 1. The third-order valence-corrected chi connectivity index (χ3v) is 3.49. The van der Waals surface area contributed by atoms with Crippen molar-refractivity contribution in [1.82, 2.24) is 0 Å². The van der Waals surface area contributed by atoms with Crippen LogP contribution in [-0.2, 0) is 6.42 Å². The van der Waals surface area contributed by atoms with E-state index in [0.717, 1.165) is 17.5 Å². The Morgan fingerprint density at radius 3 is 2.62 bits per heavy atom. The van der Waals surface area contributed by atoms with Crippen LogP contribution in [0.5, 0.6) is 0 Å². The van der Waals surface area contributed by atoms with Crippen LogP contribution < -0.4 is 0 Å². The largest absolute Gasteiger partial charge is 0.294 e. The molecule has 0 saturated carbocycles. The van der Waals surface area contributed by atoms with Gasteiger partial charge >= 0.3 is 0 Å². The molecule has 0 unspecified atom stereocenters. The summed E-state index contributed by atoms with van der Waals surface area (Å²) in [5, 5.41) is 0. The quantitative estimate of drug-likeness (QED) is 0.493. The fourth-order valence-electron chi connectivity index (χ4n) is 1.77. The molecule has 16 heavy (non-hydrogen) atoms. The highest BCUT2D eigenvalue weighted by molar-refractivity contribution is 6.83. The Hall–Kier alpha value is -1.33. The van der Waals surface area contributed by atoms with E-state index in [4.69, 9.17) is 0 Å². The zero-order valence-corrected chi connectivity index (χ0v) is 11.1. The lowest BCUT2D eigenvalue weighted by Gasteiger charge is -2.03. The third kappa shape index (κ3) is 2.42. The van der Waals surface area contributed by atoms with Gasteiger partial charge in [0.25, 0.3) is 0 Å². The molecule has 0 aromatic heterocycles. The van der Waals surface area contributed by atoms with E-state index in [2.05, 4.69) is 37.2 Å². The topological polar surface area (TPSA) is 17.1 Å². The number of hydrogen-bond acceptors (Lipinski definition) is 1. The zero-order chi connectivity index (χ0) is 11.8. The molecule has 1 nitrogen and oxygen atoms in total. The summed E-state index contributed by atoms with van der Waals surface area (Å²) in [6.45, 7) is 6.66. The van der Waals surface area contributed by atoms with Gasteiger partial charge in [-0.05, 0) is 24.1 Å². The van der Waals surface area contributed by atoms with Crippen LogP contribution >= 0.6 is 0 Å². The Labute approximate surface area is 97.9 Å². The van der Waals surface area contributed by atoms with Crippen LogP contribution in [0.15, 0.2) is 18.2 Å². The summed E-state index contributed by atoms with van der Waals surface area (Å²) >= 11 is 0. The first kappa shape index (κ1) is 11.2. The van der Waals surface area contributed by atoms with E-state index < -0.39 is 8.07 Å². The van der Waals surface area contributed by atoms with Gasteiger partial charge in [-0.15, -0.1) is 5.54 Å². The van der Waals surface area contributed by atoms with Crippen molar-refractivity contribution in [3.63, 3.8) is 0 Å². The second-order valence-electron chi connectivity index (χ2n) is 5.30. The van der Waals surface area contributed by atoms with Crippen molar-refractivity contribution < 1.29 is 4.79 Å².